The SMILES string of the molecule is C/C=C(\C)C(=O)O[C@H]1CC[C@H](C)[C@@]2(C)[C@H](O)c3c(C)coc3C(=O)[C@H]12. The van der Waals surface area contributed by atoms with Crippen LogP contribution in [-0.2, 0) is 9.53 Å². The molecule has 1 saturated carbocycles. The summed E-state index contributed by atoms with van der Waals surface area (Å²) in [5, 5.41) is 11.1. The number of allylic oxidation sites excluding steroid dienone is 1. The summed E-state index contributed by atoms with van der Waals surface area (Å²) in [6.45, 7) is 9.29. The Morgan fingerprint density at radius 2 is 2.12 bits per heavy atom. The molecule has 0 radical (unpaired) electrons. The molecule has 0 unspecified atom stereocenters. The van der Waals surface area contributed by atoms with Crippen LogP contribution in [0.15, 0.2) is 22.3 Å². The van der Waals surface area contributed by atoms with Crippen LogP contribution in [0.1, 0.15) is 68.3 Å². The van der Waals surface area contributed by atoms with Crippen molar-refractivity contribution in [2.24, 2.45) is 17.3 Å². The normalized spacial score (nSPS) is 35.1. The highest BCUT2D eigenvalue weighted by atomic mass is 16.5. The van der Waals surface area contributed by atoms with Crippen molar-refractivity contribution in [1.29, 1.82) is 0 Å². The molecule has 0 aliphatic heterocycles. The van der Waals surface area contributed by atoms with Crippen molar-refractivity contribution in [3.05, 3.63) is 34.8 Å². The number of esters is 1. The summed E-state index contributed by atoms with van der Waals surface area (Å²) < 4.78 is 11.1. The van der Waals surface area contributed by atoms with Crippen molar-refractivity contribution in [3.63, 3.8) is 0 Å². The average Bonchev–Trinajstić information content (AvgIpc) is 2.97. The Morgan fingerprint density at radius 3 is 2.76 bits per heavy atom. The van der Waals surface area contributed by atoms with Gasteiger partial charge in [0.05, 0.1) is 18.3 Å². The number of ether oxygens (including phenoxy) is 1. The van der Waals surface area contributed by atoms with E-state index in [2.05, 4.69) is 6.92 Å². The van der Waals surface area contributed by atoms with Gasteiger partial charge in [0.25, 0.3) is 0 Å². The monoisotopic (exact) mass is 346 g/mol. The van der Waals surface area contributed by atoms with Gasteiger partial charge < -0.3 is 14.3 Å². The zero-order valence-electron chi connectivity index (χ0n) is 15.5. The molecular weight excluding hydrogens is 320 g/mol. The van der Waals surface area contributed by atoms with Gasteiger partial charge >= 0.3 is 5.97 Å². The number of hydrogen-bond donors (Lipinski definition) is 1. The molecule has 1 aromatic heterocycles. The van der Waals surface area contributed by atoms with Crippen LogP contribution in [0, 0.1) is 24.2 Å². The molecule has 0 spiro atoms. The fraction of sp³-hybridized carbons (Fsp3) is 0.600. The molecule has 1 aromatic rings. The summed E-state index contributed by atoms with van der Waals surface area (Å²) in [4.78, 5) is 25.4. The molecule has 1 N–H and O–H groups in total. The Bertz CT molecular complexity index is 743. The van der Waals surface area contributed by atoms with E-state index in [1.54, 1.807) is 19.9 Å². The second-order valence-corrected chi connectivity index (χ2v) is 7.67. The van der Waals surface area contributed by atoms with E-state index < -0.39 is 29.5 Å². The average molecular weight is 346 g/mol. The van der Waals surface area contributed by atoms with Crippen LogP contribution >= 0.6 is 0 Å². The summed E-state index contributed by atoms with van der Waals surface area (Å²) in [6, 6.07) is 0. The number of aryl methyl sites for hydroxylation is 1. The van der Waals surface area contributed by atoms with Crippen molar-refractivity contribution >= 4 is 11.8 Å². The maximum Gasteiger partial charge on any atom is 0.333 e. The third kappa shape index (κ3) is 2.48. The highest BCUT2D eigenvalue weighted by Crippen LogP contribution is 2.58. The Hall–Kier alpha value is -1.88. The van der Waals surface area contributed by atoms with E-state index in [9.17, 15) is 14.7 Å². The van der Waals surface area contributed by atoms with Gasteiger partial charge in [-0.1, -0.05) is 19.9 Å². The van der Waals surface area contributed by atoms with E-state index in [0.29, 0.717) is 17.6 Å². The molecule has 2 aliphatic carbocycles. The Kier molecular flexibility index (Phi) is 4.40. The molecular formula is C20H26O5. The topological polar surface area (TPSA) is 76.7 Å². The molecule has 0 bridgehead atoms. The third-order valence-electron chi connectivity index (χ3n) is 6.39. The second kappa shape index (κ2) is 6.13. The second-order valence-electron chi connectivity index (χ2n) is 7.67. The van der Waals surface area contributed by atoms with Crippen LogP contribution in [0.3, 0.4) is 0 Å². The third-order valence-corrected chi connectivity index (χ3v) is 6.39. The quantitative estimate of drug-likeness (QED) is 0.652. The molecule has 3 rings (SSSR count). The lowest BCUT2D eigenvalue weighted by Gasteiger charge is -2.53. The Morgan fingerprint density at radius 1 is 1.44 bits per heavy atom. The zero-order valence-corrected chi connectivity index (χ0v) is 15.5. The van der Waals surface area contributed by atoms with Crippen LogP contribution in [0.5, 0.6) is 0 Å². The summed E-state index contributed by atoms with van der Waals surface area (Å²) in [6.07, 6.45) is 3.24. The van der Waals surface area contributed by atoms with Crippen LogP contribution in [0.2, 0.25) is 0 Å². The molecule has 136 valence electrons. The van der Waals surface area contributed by atoms with Crippen molar-refractivity contribution in [1.82, 2.24) is 0 Å². The molecule has 1 heterocycles. The maximum absolute atomic E-state index is 13.2. The fourth-order valence-corrected chi connectivity index (χ4v) is 4.40. The van der Waals surface area contributed by atoms with Gasteiger partial charge in [-0.05, 0) is 45.1 Å². The first kappa shape index (κ1) is 17.9. The summed E-state index contributed by atoms with van der Waals surface area (Å²) >= 11 is 0. The summed E-state index contributed by atoms with van der Waals surface area (Å²) in [5.74, 6) is -0.841. The molecule has 1 fully saturated rings. The number of carbonyl (C=O) groups is 2. The minimum atomic E-state index is -0.816. The minimum Gasteiger partial charge on any atom is -0.461 e. The lowest BCUT2D eigenvalue weighted by molar-refractivity contribution is -0.162. The Balaban J connectivity index is 2.05. The van der Waals surface area contributed by atoms with Gasteiger partial charge in [0.2, 0.25) is 5.78 Å². The first-order valence-electron chi connectivity index (χ1n) is 8.87. The van der Waals surface area contributed by atoms with Gasteiger partial charge in [-0.3, -0.25) is 4.79 Å². The van der Waals surface area contributed by atoms with Crippen LogP contribution in [0.4, 0.5) is 0 Å². The van der Waals surface area contributed by atoms with Crippen LogP contribution in [0.25, 0.3) is 0 Å². The predicted molar refractivity (Wildman–Crippen MR) is 92.0 cm³/mol. The first-order valence-corrected chi connectivity index (χ1v) is 8.87. The molecule has 0 amide bonds. The number of aliphatic hydroxyl groups is 1. The van der Waals surface area contributed by atoms with Gasteiger partial charge in [-0.25, -0.2) is 4.79 Å². The molecule has 0 saturated heterocycles. The van der Waals surface area contributed by atoms with Gasteiger partial charge in [-0.2, -0.15) is 0 Å². The fourth-order valence-electron chi connectivity index (χ4n) is 4.40. The van der Waals surface area contributed by atoms with Crippen LogP contribution in [-0.4, -0.2) is 23.0 Å². The van der Waals surface area contributed by atoms with Gasteiger partial charge in [0.15, 0.2) is 5.76 Å². The standard InChI is InChI=1S/C20H26O5/c1-6-10(2)19(23)25-13-8-7-12(4)20(5)15(13)16(21)17-14(18(20)22)11(3)9-24-17/h6,9,12-13,15,18,22H,7-8H2,1-5H3/b10-6+/t12-,13-,15-,18+,20+/m0/s1. The molecule has 25 heavy (non-hydrogen) atoms. The predicted octanol–water partition coefficient (Wildman–Crippen LogP) is 3.75. The largest absolute Gasteiger partial charge is 0.461 e. The van der Waals surface area contributed by atoms with Crippen molar-refractivity contribution < 1.29 is 23.8 Å². The summed E-state index contributed by atoms with van der Waals surface area (Å²) in [5.41, 5.74) is 1.20. The Labute approximate surface area is 148 Å². The number of rotatable bonds is 2. The highest BCUT2D eigenvalue weighted by Gasteiger charge is 2.60. The van der Waals surface area contributed by atoms with E-state index in [-0.39, 0.29) is 17.5 Å². The van der Waals surface area contributed by atoms with Crippen molar-refractivity contribution in [3.8, 4) is 0 Å². The smallest absolute Gasteiger partial charge is 0.333 e. The maximum atomic E-state index is 13.2. The van der Waals surface area contributed by atoms with Crippen molar-refractivity contribution in [2.75, 3.05) is 0 Å². The number of furan rings is 1. The van der Waals surface area contributed by atoms with E-state index >= 15 is 0 Å². The summed E-state index contributed by atoms with van der Waals surface area (Å²) in [7, 11) is 0. The lowest BCUT2D eigenvalue weighted by Crippen LogP contribution is -2.55. The number of ketones is 1. The van der Waals surface area contributed by atoms with Crippen LogP contribution < -0.4 is 0 Å². The van der Waals surface area contributed by atoms with E-state index in [1.807, 2.05) is 13.8 Å². The minimum absolute atomic E-state index is 0.122. The first-order chi connectivity index (χ1) is 11.7. The number of hydrogen-bond acceptors (Lipinski definition) is 5. The highest BCUT2D eigenvalue weighted by molar-refractivity contribution is 6.00. The molecule has 2 aliphatic rings. The number of Topliss-reactive ketones (excluding diaryl/α,β-unsaturated/α-hetero) is 1. The number of fused-ring (bicyclic) bond motifs is 2. The molecule has 5 atom stereocenters. The molecule has 0 aromatic carbocycles. The van der Waals surface area contributed by atoms with E-state index in [4.69, 9.17) is 9.15 Å². The molecule has 5 nitrogen and oxygen atoms in total. The van der Waals surface area contributed by atoms with Gasteiger partial charge in [-0.15, -0.1) is 0 Å². The van der Waals surface area contributed by atoms with E-state index in [1.165, 1.54) is 6.26 Å². The number of carbonyl (C=O) groups excluding carboxylic acids is 2. The molecule has 5 heteroatoms. The van der Waals surface area contributed by atoms with Crippen molar-refractivity contribution in [2.45, 2.75) is 59.7 Å². The number of aliphatic hydroxyl groups excluding tert-OH is 1. The van der Waals surface area contributed by atoms with E-state index in [0.717, 1.165) is 12.0 Å². The van der Waals surface area contributed by atoms with Gasteiger partial charge in [0, 0.05) is 16.6 Å². The lowest BCUT2D eigenvalue weighted by atomic mass is 9.53. The zero-order chi connectivity index (χ0) is 18.5. The van der Waals surface area contributed by atoms with Gasteiger partial charge in [0.1, 0.15) is 6.10 Å².